The average Bonchev–Trinajstić information content (AvgIpc) is 3.93. The largest absolute Gasteiger partial charge is 0.458 e. The molecular formula is C54H74N2O13Si. The van der Waals surface area contributed by atoms with Gasteiger partial charge in [0.15, 0.2) is 11.7 Å². The molecule has 0 amide bonds. The van der Waals surface area contributed by atoms with Crippen LogP contribution in [0.15, 0.2) is 81.1 Å². The first kappa shape index (κ1) is 53.5. The molecule has 2 aromatic heterocycles. The molecule has 16 heteroatoms. The van der Waals surface area contributed by atoms with Crippen molar-refractivity contribution in [3.63, 3.8) is 0 Å². The lowest BCUT2D eigenvalue weighted by Crippen LogP contribution is -2.51. The quantitative estimate of drug-likeness (QED) is 0.0543. The summed E-state index contributed by atoms with van der Waals surface area (Å²) in [5.41, 5.74) is 6.86. The van der Waals surface area contributed by atoms with E-state index in [9.17, 15) is 30.3 Å². The van der Waals surface area contributed by atoms with Crippen LogP contribution in [-0.4, -0.2) is 122 Å². The Kier molecular flexibility index (Phi) is 18.0. The summed E-state index contributed by atoms with van der Waals surface area (Å²) < 4.78 is 43.7. The minimum atomic E-state index is -1.88. The molecule has 0 saturated carbocycles. The summed E-state index contributed by atoms with van der Waals surface area (Å²) in [5, 5.41) is 54.7. The number of oxazole rings is 2. The van der Waals surface area contributed by atoms with Gasteiger partial charge in [0.25, 0.3) is 0 Å². The van der Waals surface area contributed by atoms with Crippen LogP contribution in [-0.2, 0) is 34.9 Å². The molecule has 7 heterocycles. The third-order valence-electron chi connectivity index (χ3n) is 13.6. The highest BCUT2D eigenvalue weighted by atomic mass is 28.3. The number of aliphatic hydroxyl groups excluding tert-OH is 4. The Balaban J connectivity index is 1.04. The molecule has 2 aromatic rings. The number of nitrogens with zero attached hydrogens (tertiary/aromatic N) is 2. The number of carbonyl (C=O) groups is 1. The fourth-order valence-corrected chi connectivity index (χ4v) is 10.9. The number of rotatable bonds is 9. The molecule has 70 heavy (non-hydrogen) atoms. The van der Waals surface area contributed by atoms with E-state index in [4.69, 9.17) is 37.5 Å². The Morgan fingerprint density at radius 3 is 2.49 bits per heavy atom. The average molecular weight is 987 g/mol. The van der Waals surface area contributed by atoms with Gasteiger partial charge >= 0.3 is 5.97 Å². The van der Waals surface area contributed by atoms with Crippen molar-refractivity contribution >= 4 is 26.2 Å². The number of ether oxygens (including phenoxy) is 5. The minimum absolute atomic E-state index is 0.0984. The van der Waals surface area contributed by atoms with Gasteiger partial charge in [0.1, 0.15) is 44.2 Å². The van der Waals surface area contributed by atoms with Crippen molar-refractivity contribution in [1.82, 2.24) is 9.97 Å². The molecule has 0 spiro atoms. The molecule has 4 saturated heterocycles. The maximum absolute atomic E-state index is 13.5. The summed E-state index contributed by atoms with van der Waals surface area (Å²) >= 11 is 0. The highest BCUT2D eigenvalue weighted by molar-refractivity contribution is 6.83. The predicted octanol–water partition coefficient (Wildman–Crippen LogP) is 7.42. The lowest BCUT2D eigenvalue weighted by atomic mass is 9.79. The minimum Gasteiger partial charge on any atom is -0.458 e. The SMILES string of the molecule is C=C1C[C@@H]2C[C@@H]3C[C@@H](O)C[C@@H](O3)c3coc(n3)/C=C/C[C@H]3O[C@@H](/C(C)=C/c4coc(C[C@]5(O)C[C@H](O)C[C@H]([C@H](O)/C=C(C)/C=C/[C@H](O)CC#C[Si](C)(C)C)O5)n4)[C@H](C)[C@@H](OC(=O)/C=C/C[C@@H](C1)O2)[C@H]3C. The van der Waals surface area contributed by atoms with Crippen molar-refractivity contribution in [3.8, 4) is 11.5 Å². The number of hydrogen-bond donors (Lipinski definition) is 5. The maximum Gasteiger partial charge on any atom is 0.330 e. The third kappa shape index (κ3) is 15.1. The van der Waals surface area contributed by atoms with Gasteiger partial charge < -0.3 is 58.1 Å². The number of aliphatic hydroxyl groups is 5. The monoisotopic (exact) mass is 986 g/mol. The molecule has 5 aliphatic heterocycles. The summed E-state index contributed by atoms with van der Waals surface area (Å²) in [4.78, 5) is 22.9. The van der Waals surface area contributed by atoms with Crippen LogP contribution < -0.4 is 0 Å². The molecule has 4 fully saturated rings. The van der Waals surface area contributed by atoms with Gasteiger partial charge in [-0.15, -0.1) is 11.5 Å². The summed E-state index contributed by atoms with van der Waals surface area (Å²) in [6, 6.07) is 0. The molecule has 15 nitrogen and oxygen atoms in total. The van der Waals surface area contributed by atoms with E-state index in [0.29, 0.717) is 74.2 Å². The molecule has 0 radical (unpaired) electrons. The van der Waals surface area contributed by atoms with Crippen LogP contribution >= 0.6 is 0 Å². The first-order chi connectivity index (χ1) is 33.2. The number of aromatic nitrogens is 2. The summed E-state index contributed by atoms with van der Waals surface area (Å²) in [7, 11) is -1.54. The van der Waals surface area contributed by atoms with E-state index in [-0.39, 0.29) is 61.4 Å². The van der Waals surface area contributed by atoms with Gasteiger partial charge in [0.2, 0.25) is 5.89 Å². The van der Waals surface area contributed by atoms with Gasteiger partial charge in [-0.2, -0.15) is 0 Å². The predicted molar refractivity (Wildman–Crippen MR) is 265 cm³/mol. The Hall–Kier alpha value is -4.25. The smallest absolute Gasteiger partial charge is 0.330 e. The van der Waals surface area contributed by atoms with Gasteiger partial charge in [0.05, 0.1) is 67.5 Å². The molecule has 7 rings (SSSR count). The number of allylic oxidation sites excluding steroid dienone is 2. The zero-order chi connectivity index (χ0) is 50.3. The molecule has 0 aliphatic carbocycles. The number of esters is 1. The molecule has 5 N–H and O–H groups in total. The molecule has 0 unspecified atom stereocenters. The van der Waals surface area contributed by atoms with Crippen LogP contribution in [0.2, 0.25) is 19.6 Å². The molecule has 0 aromatic carbocycles. The van der Waals surface area contributed by atoms with Gasteiger partial charge in [-0.3, -0.25) is 0 Å². The van der Waals surface area contributed by atoms with Gasteiger partial charge in [-0.1, -0.05) is 81.6 Å². The Morgan fingerprint density at radius 1 is 0.929 bits per heavy atom. The zero-order valence-electron chi connectivity index (χ0n) is 41.7. The summed E-state index contributed by atoms with van der Waals surface area (Å²) in [6.45, 7) is 18.4. The van der Waals surface area contributed by atoms with Crippen molar-refractivity contribution < 1.29 is 62.8 Å². The van der Waals surface area contributed by atoms with Crippen molar-refractivity contribution in [2.75, 3.05) is 0 Å². The van der Waals surface area contributed by atoms with Crippen LogP contribution in [0.4, 0.5) is 0 Å². The second kappa shape index (κ2) is 23.5. The molecular weight excluding hydrogens is 913 g/mol. The fraction of sp³-hybridized carbons (Fsp3) is 0.611. The topological polar surface area (TPSA) is 216 Å². The van der Waals surface area contributed by atoms with E-state index in [2.05, 4.69) is 42.7 Å². The van der Waals surface area contributed by atoms with Crippen LogP contribution in [0.5, 0.6) is 0 Å². The first-order valence-corrected chi connectivity index (χ1v) is 28.4. The first-order valence-electron chi connectivity index (χ1n) is 24.9. The lowest BCUT2D eigenvalue weighted by Gasteiger charge is -2.44. The molecule has 15 atom stereocenters. The van der Waals surface area contributed by atoms with Crippen LogP contribution in [0.3, 0.4) is 0 Å². The van der Waals surface area contributed by atoms with Crippen molar-refractivity contribution in [3.05, 3.63) is 95.4 Å². The van der Waals surface area contributed by atoms with Gasteiger partial charge in [0, 0.05) is 50.0 Å². The number of carbonyl (C=O) groups excluding carboxylic acids is 1. The highest BCUT2D eigenvalue weighted by Gasteiger charge is 2.45. The highest BCUT2D eigenvalue weighted by Crippen LogP contribution is 2.39. The number of hydrogen-bond acceptors (Lipinski definition) is 15. The summed E-state index contributed by atoms with van der Waals surface area (Å²) in [6.07, 6.45) is 14.1. The molecule has 5 aliphatic rings. The Labute approximate surface area is 413 Å². The van der Waals surface area contributed by atoms with Gasteiger partial charge in [-0.05, 0) is 63.7 Å². The van der Waals surface area contributed by atoms with E-state index < -0.39 is 68.7 Å². The van der Waals surface area contributed by atoms with E-state index in [1.54, 1.807) is 43.6 Å². The van der Waals surface area contributed by atoms with Crippen LogP contribution in [0.1, 0.15) is 121 Å². The molecule has 382 valence electrons. The molecule has 8 bridgehead atoms. The standard InChI is InChI=1S/C54H74N2O13Si/c1-32(17-18-38(57)12-11-19-70(6,7)8)22-45(60)48-26-40(59)28-54(62,69-48)29-50-55-37(30-63-50)23-34(3)52-36(5)53-35(4)46(67-52)14-10-15-49-56-44(31-64-49)47-25-39(58)24-43(66-47)27-42-21-33(2)20-41(65-42)13-9-16-51(61)68-53/h9-10,15-18,22-23,30-31,35-36,38-43,45-48,52-53,57-60,62H,2,12-14,20-21,24-29H2,1,3-8H3/b15-10+,16-9+,18-17+,32-22+,34-23+/t35-,36-,38+,39+,40+,41-,42+,43-,45+,46+,47+,48+,52-,53-,54-/m0/s1. The fourth-order valence-electron chi connectivity index (χ4n) is 10.3. The summed E-state index contributed by atoms with van der Waals surface area (Å²) in [5.74, 6) is 0.816. The van der Waals surface area contributed by atoms with Crippen LogP contribution in [0, 0.1) is 23.3 Å². The van der Waals surface area contributed by atoms with Gasteiger partial charge in [-0.25, -0.2) is 14.8 Å². The third-order valence-corrected chi connectivity index (χ3v) is 14.5. The normalized spacial score (nSPS) is 35.7. The van der Waals surface area contributed by atoms with Crippen LogP contribution in [0.25, 0.3) is 12.2 Å². The van der Waals surface area contributed by atoms with Crippen molar-refractivity contribution in [1.29, 1.82) is 0 Å². The van der Waals surface area contributed by atoms with Crippen molar-refractivity contribution in [2.24, 2.45) is 11.8 Å². The lowest BCUT2D eigenvalue weighted by molar-refractivity contribution is -0.283. The zero-order valence-corrected chi connectivity index (χ0v) is 42.7. The van der Waals surface area contributed by atoms with Crippen molar-refractivity contribution in [2.45, 2.75) is 197 Å². The van der Waals surface area contributed by atoms with E-state index in [0.717, 1.165) is 11.1 Å². The van der Waals surface area contributed by atoms with E-state index >= 15 is 0 Å². The second-order valence-electron chi connectivity index (χ2n) is 21.3. The number of fused-ring (bicyclic) bond motifs is 9. The maximum atomic E-state index is 13.5. The Bertz CT molecular complexity index is 2330. The second-order valence-corrected chi connectivity index (χ2v) is 26.0. The van der Waals surface area contributed by atoms with E-state index in [1.807, 2.05) is 32.9 Å². The van der Waals surface area contributed by atoms with E-state index in [1.165, 1.54) is 12.3 Å². The Morgan fingerprint density at radius 2 is 1.70 bits per heavy atom.